The smallest absolute Gasteiger partial charge is 0.243 e. The topological polar surface area (TPSA) is 92.3 Å². The van der Waals surface area contributed by atoms with Crippen LogP contribution in [0.15, 0.2) is 24.3 Å². The van der Waals surface area contributed by atoms with Gasteiger partial charge in [0.2, 0.25) is 11.8 Å². The highest BCUT2D eigenvalue weighted by Crippen LogP contribution is 2.11. The first-order valence-electron chi connectivity index (χ1n) is 6.50. The number of allylic oxidation sites excluding steroid dienone is 3. The van der Waals surface area contributed by atoms with E-state index in [1.54, 1.807) is 18.2 Å². The Bertz CT molecular complexity index is 508. The molecule has 0 saturated carbocycles. The fraction of sp³-hybridized carbons (Fsp3) is 0.538. The van der Waals surface area contributed by atoms with E-state index in [2.05, 4.69) is 10.6 Å². The Balaban J connectivity index is 2.19. The zero-order valence-corrected chi connectivity index (χ0v) is 12.3. The Morgan fingerprint density at radius 1 is 1.30 bits per heavy atom. The standard InChI is InChI=1S/C13H20N2O4S/c1-2-3-4-5-12(16)14-8-6-13(17)15-11-7-9-20(18,19)10-11/h2-5,11H,6-10H2,1H3,(H,14,16)(H,15,17). The van der Waals surface area contributed by atoms with Gasteiger partial charge < -0.3 is 10.6 Å². The van der Waals surface area contributed by atoms with Crippen LogP contribution in [0.1, 0.15) is 19.8 Å². The predicted molar refractivity (Wildman–Crippen MR) is 76.8 cm³/mol. The summed E-state index contributed by atoms with van der Waals surface area (Å²) in [4.78, 5) is 22.9. The predicted octanol–water partition coefficient (Wildman–Crippen LogP) is -0.0717. The lowest BCUT2D eigenvalue weighted by Gasteiger charge is -2.10. The third-order valence-electron chi connectivity index (χ3n) is 2.80. The monoisotopic (exact) mass is 300 g/mol. The van der Waals surface area contributed by atoms with Crippen LogP contribution in [0.4, 0.5) is 0 Å². The van der Waals surface area contributed by atoms with Crippen LogP contribution in [-0.2, 0) is 19.4 Å². The summed E-state index contributed by atoms with van der Waals surface area (Å²) in [5.74, 6) is -0.370. The van der Waals surface area contributed by atoms with Crippen LogP contribution >= 0.6 is 0 Å². The highest BCUT2D eigenvalue weighted by Gasteiger charge is 2.28. The lowest BCUT2D eigenvalue weighted by molar-refractivity contribution is -0.121. The molecule has 0 aromatic carbocycles. The van der Waals surface area contributed by atoms with Crippen molar-refractivity contribution >= 4 is 21.7 Å². The van der Waals surface area contributed by atoms with Crippen LogP contribution < -0.4 is 10.6 Å². The van der Waals surface area contributed by atoms with Crippen LogP contribution in [0.3, 0.4) is 0 Å². The number of carbonyl (C=O) groups is 2. The van der Waals surface area contributed by atoms with E-state index in [0.717, 1.165) is 0 Å². The van der Waals surface area contributed by atoms with Crippen molar-refractivity contribution in [2.24, 2.45) is 0 Å². The van der Waals surface area contributed by atoms with Crippen molar-refractivity contribution in [3.63, 3.8) is 0 Å². The fourth-order valence-electron chi connectivity index (χ4n) is 1.82. The minimum atomic E-state index is -2.99. The van der Waals surface area contributed by atoms with Crippen LogP contribution in [0.5, 0.6) is 0 Å². The molecule has 1 saturated heterocycles. The van der Waals surface area contributed by atoms with E-state index >= 15 is 0 Å². The van der Waals surface area contributed by atoms with Crippen LogP contribution in [0.25, 0.3) is 0 Å². The average molecular weight is 300 g/mol. The molecule has 20 heavy (non-hydrogen) atoms. The molecule has 0 bridgehead atoms. The maximum absolute atomic E-state index is 11.6. The molecular formula is C13H20N2O4S. The SMILES string of the molecule is CC=CC=CC(=O)NCCC(=O)NC1CCS(=O)(=O)C1. The molecule has 0 aliphatic carbocycles. The van der Waals surface area contributed by atoms with Crippen molar-refractivity contribution in [3.05, 3.63) is 24.3 Å². The lowest BCUT2D eigenvalue weighted by Crippen LogP contribution is -2.37. The van der Waals surface area contributed by atoms with Gasteiger partial charge in [-0.05, 0) is 13.3 Å². The van der Waals surface area contributed by atoms with Crippen LogP contribution in [0.2, 0.25) is 0 Å². The summed E-state index contributed by atoms with van der Waals surface area (Å²) in [5, 5.41) is 5.24. The number of hydrogen-bond acceptors (Lipinski definition) is 4. The second-order valence-electron chi connectivity index (χ2n) is 4.59. The van der Waals surface area contributed by atoms with E-state index in [9.17, 15) is 18.0 Å². The Labute approximate surface area is 119 Å². The fourth-order valence-corrected chi connectivity index (χ4v) is 3.49. The highest BCUT2D eigenvalue weighted by molar-refractivity contribution is 7.91. The minimum absolute atomic E-state index is 0.0111. The molecule has 1 atom stereocenters. The van der Waals surface area contributed by atoms with Gasteiger partial charge in [0, 0.05) is 25.1 Å². The Hall–Kier alpha value is -1.63. The molecular weight excluding hydrogens is 280 g/mol. The van der Waals surface area contributed by atoms with Gasteiger partial charge in [-0.1, -0.05) is 18.2 Å². The third kappa shape index (κ3) is 6.51. The van der Waals surface area contributed by atoms with Gasteiger partial charge in [0.1, 0.15) is 0 Å². The molecule has 1 unspecified atom stereocenters. The van der Waals surface area contributed by atoms with Gasteiger partial charge in [-0.2, -0.15) is 0 Å². The molecule has 0 aromatic rings. The molecule has 7 heteroatoms. The summed E-state index contributed by atoms with van der Waals surface area (Å²) in [6, 6.07) is -0.294. The molecule has 2 amide bonds. The van der Waals surface area contributed by atoms with E-state index in [-0.39, 0.29) is 42.3 Å². The minimum Gasteiger partial charge on any atom is -0.352 e. The molecule has 6 nitrogen and oxygen atoms in total. The number of carbonyl (C=O) groups excluding carboxylic acids is 2. The van der Waals surface area contributed by atoms with E-state index in [0.29, 0.717) is 6.42 Å². The summed E-state index contributed by atoms with van der Waals surface area (Å²) in [6.07, 6.45) is 7.12. The first kappa shape index (κ1) is 16.4. The maximum Gasteiger partial charge on any atom is 0.243 e. The van der Waals surface area contributed by atoms with Gasteiger partial charge in [-0.3, -0.25) is 9.59 Å². The summed E-state index contributed by atoms with van der Waals surface area (Å²) in [6.45, 7) is 2.07. The third-order valence-corrected chi connectivity index (χ3v) is 4.57. The van der Waals surface area contributed by atoms with Gasteiger partial charge in [0.05, 0.1) is 11.5 Å². The molecule has 0 spiro atoms. The zero-order chi connectivity index (χ0) is 15.0. The molecule has 0 radical (unpaired) electrons. The molecule has 2 N–H and O–H groups in total. The Morgan fingerprint density at radius 3 is 2.65 bits per heavy atom. The number of nitrogens with one attached hydrogen (secondary N) is 2. The van der Waals surface area contributed by atoms with Gasteiger partial charge in [0.15, 0.2) is 9.84 Å². The first-order chi connectivity index (χ1) is 9.43. The second-order valence-corrected chi connectivity index (χ2v) is 6.82. The summed E-state index contributed by atoms with van der Waals surface area (Å²) >= 11 is 0. The van der Waals surface area contributed by atoms with Crippen molar-refractivity contribution in [3.8, 4) is 0 Å². The number of amides is 2. The van der Waals surface area contributed by atoms with E-state index in [4.69, 9.17) is 0 Å². The molecule has 1 heterocycles. The van der Waals surface area contributed by atoms with Crippen molar-refractivity contribution in [1.82, 2.24) is 10.6 Å². The second kappa shape index (κ2) is 7.84. The Kier molecular flexibility index (Phi) is 6.44. The van der Waals surface area contributed by atoms with E-state index in [1.807, 2.05) is 6.92 Å². The number of rotatable bonds is 6. The number of hydrogen-bond donors (Lipinski definition) is 2. The van der Waals surface area contributed by atoms with Gasteiger partial charge in [0.25, 0.3) is 0 Å². The van der Waals surface area contributed by atoms with Crippen LogP contribution in [-0.4, -0.2) is 44.3 Å². The van der Waals surface area contributed by atoms with Gasteiger partial charge in [-0.15, -0.1) is 0 Å². The van der Waals surface area contributed by atoms with Crippen molar-refractivity contribution in [2.75, 3.05) is 18.1 Å². The van der Waals surface area contributed by atoms with E-state index < -0.39 is 9.84 Å². The van der Waals surface area contributed by atoms with Gasteiger partial charge >= 0.3 is 0 Å². The first-order valence-corrected chi connectivity index (χ1v) is 8.32. The van der Waals surface area contributed by atoms with Crippen molar-refractivity contribution in [1.29, 1.82) is 0 Å². The average Bonchev–Trinajstić information content (AvgIpc) is 2.69. The summed E-state index contributed by atoms with van der Waals surface area (Å²) < 4.78 is 22.5. The highest BCUT2D eigenvalue weighted by atomic mass is 32.2. The lowest BCUT2D eigenvalue weighted by atomic mass is 10.2. The van der Waals surface area contributed by atoms with Crippen molar-refractivity contribution in [2.45, 2.75) is 25.8 Å². The number of sulfone groups is 1. The van der Waals surface area contributed by atoms with Crippen molar-refractivity contribution < 1.29 is 18.0 Å². The molecule has 1 fully saturated rings. The summed E-state index contributed by atoms with van der Waals surface area (Å²) in [7, 11) is -2.99. The molecule has 1 aliphatic rings. The van der Waals surface area contributed by atoms with Gasteiger partial charge in [-0.25, -0.2) is 8.42 Å². The molecule has 1 rings (SSSR count). The van der Waals surface area contributed by atoms with Crippen LogP contribution in [0, 0.1) is 0 Å². The summed E-state index contributed by atoms with van der Waals surface area (Å²) in [5.41, 5.74) is 0. The Morgan fingerprint density at radius 2 is 2.05 bits per heavy atom. The normalized spacial score (nSPS) is 21.4. The quantitative estimate of drug-likeness (QED) is 0.530. The zero-order valence-electron chi connectivity index (χ0n) is 11.5. The molecule has 112 valence electrons. The molecule has 0 aromatic heterocycles. The maximum atomic E-state index is 11.6. The molecule has 1 aliphatic heterocycles. The largest absolute Gasteiger partial charge is 0.352 e. The van der Waals surface area contributed by atoms with E-state index in [1.165, 1.54) is 6.08 Å².